The summed E-state index contributed by atoms with van der Waals surface area (Å²) in [5.74, 6) is 0.327. The molecule has 0 spiro atoms. The van der Waals surface area contributed by atoms with Crippen molar-refractivity contribution in [3.63, 3.8) is 0 Å². The predicted molar refractivity (Wildman–Crippen MR) is 137 cm³/mol. The lowest BCUT2D eigenvalue weighted by atomic mass is 9.77. The van der Waals surface area contributed by atoms with E-state index in [1.165, 1.54) is 25.9 Å². The number of nitrogens with one attached hydrogen (secondary N) is 1. The summed E-state index contributed by atoms with van der Waals surface area (Å²) >= 11 is 0. The van der Waals surface area contributed by atoms with Crippen LogP contribution in [0.3, 0.4) is 0 Å². The molecule has 0 aliphatic carbocycles. The Labute approximate surface area is 198 Å². The van der Waals surface area contributed by atoms with E-state index in [0.717, 1.165) is 12.8 Å². The van der Waals surface area contributed by atoms with Crippen molar-refractivity contribution in [3.05, 3.63) is 37.6 Å². The summed E-state index contributed by atoms with van der Waals surface area (Å²) in [6, 6.07) is 2.35. The Balaban J connectivity index is 0. The summed E-state index contributed by atoms with van der Waals surface area (Å²) in [7, 11) is 0. The summed E-state index contributed by atoms with van der Waals surface area (Å²) in [6.45, 7) is 24.3. The van der Waals surface area contributed by atoms with Crippen LogP contribution in [0.15, 0.2) is 37.6 Å². The first kappa shape index (κ1) is 32.1. The molecule has 3 atom stereocenters. The molecule has 0 heterocycles. The molecule has 0 aliphatic heterocycles. The number of hydrogen-bond donors (Lipinski definition) is 1. The molecule has 0 aromatic heterocycles. The maximum atomic E-state index is 12.5. The molecule has 0 rings (SSSR count). The zero-order valence-corrected chi connectivity index (χ0v) is 21.7. The first-order chi connectivity index (χ1) is 15.3. The van der Waals surface area contributed by atoms with Crippen molar-refractivity contribution in [2.75, 3.05) is 32.8 Å². The summed E-state index contributed by atoms with van der Waals surface area (Å²) in [5, 5.41) is 12.3. The van der Waals surface area contributed by atoms with Crippen molar-refractivity contribution < 1.29 is 9.53 Å². The summed E-state index contributed by atoms with van der Waals surface area (Å²) < 4.78 is 5.01. The van der Waals surface area contributed by atoms with Crippen LogP contribution in [0, 0.1) is 28.6 Å². The number of hydrogen-bond acceptors (Lipinski definition) is 4. The highest BCUT2D eigenvalue weighted by atomic mass is 16.5. The van der Waals surface area contributed by atoms with E-state index in [1.807, 2.05) is 19.9 Å². The van der Waals surface area contributed by atoms with E-state index in [4.69, 9.17) is 4.74 Å². The molecule has 0 saturated carbocycles. The van der Waals surface area contributed by atoms with Crippen LogP contribution in [0.4, 0.5) is 0 Å². The molecule has 0 radical (unpaired) electrons. The number of nitrogens with zero attached hydrogens (tertiary/aromatic N) is 2. The highest BCUT2D eigenvalue weighted by Gasteiger charge is 2.33. The van der Waals surface area contributed by atoms with Gasteiger partial charge in [-0.25, -0.2) is 0 Å². The fourth-order valence-corrected chi connectivity index (χ4v) is 3.17. The van der Waals surface area contributed by atoms with E-state index < -0.39 is 5.41 Å². The number of amides is 1. The zero-order valence-electron chi connectivity index (χ0n) is 21.7. The van der Waals surface area contributed by atoms with Crippen LogP contribution in [0.25, 0.3) is 0 Å². The first-order valence-electron chi connectivity index (χ1n) is 12.2. The van der Waals surface area contributed by atoms with E-state index in [9.17, 15) is 10.1 Å². The van der Waals surface area contributed by atoms with Gasteiger partial charge in [0, 0.05) is 5.41 Å². The van der Waals surface area contributed by atoms with E-state index >= 15 is 0 Å². The van der Waals surface area contributed by atoms with Gasteiger partial charge >= 0.3 is 0 Å². The van der Waals surface area contributed by atoms with Crippen LogP contribution in [0.5, 0.6) is 0 Å². The minimum Gasteiger partial charge on any atom is -0.500 e. The van der Waals surface area contributed by atoms with E-state index in [-0.39, 0.29) is 11.8 Å². The number of carbonyl (C=O) groups is 1. The average Bonchev–Trinajstić information content (AvgIpc) is 2.81. The fraction of sp³-hybridized carbons (Fsp3) is 0.704. The van der Waals surface area contributed by atoms with Crippen molar-refractivity contribution >= 4 is 5.91 Å². The quantitative estimate of drug-likeness (QED) is 0.166. The minimum atomic E-state index is -0.542. The lowest BCUT2D eigenvalue weighted by Crippen LogP contribution is -2.41. The Kier molecular flexibility index (Phi) is 20.9. The van der Waals surface area contributed by atoms with Crippen molar-refractivity contribution in [3.8, 4) is 6.07 Å². The Morgan fingerprint density at radius 3 is 2.25 bits per heavy atom. The normalized spacial score (nSPS) is 14.4. The van der Waals surface area contributed by atoms with Crippen LogP contribution in [-0.2, 0) is 9.53 Å². The maximum Gasteiger partial charge on any atom is 0.226 e. The van der Waals surface area contributed by atoms with Crippen LogP contribution in [0.1, 0.15) is 73.6 Å². The largest absolute Gasteiger partial charge is 0.500 e. The number of nitriles is 1. The molecule has 184 valence electrons. The number of allylic oxidation sites excluding steroid dienone is 3. The summed E-state index contributed by atoms with van der Waals surface area (Å²) in [6.07, 6.45) is 11.5. The van der Waals surface area contributed by atoms with Crippen molar-refractivity contribution in [2.24, 2.45) is 17.3 Å². The molecular formula is C27H49N3O2. The average molecular weight is 448 g/mol. The van der Waals surface area contributed by atoms with Gasteiger partial charge in [0.2, 0.25) is 5.91 Å². The Morgan fingerprint density at radius 1 is 1.19 bits per heavy atom. The van der Waals surface area contributed by atoms with Gasteiger partial charge in [-0.15, -0.1) is 6.58 Å². The Morgan fingerprint density at radius 2 is 1.81 bits per heavy atom. The molecule has 0 bridgehead atoms. The third kappa shape index (κ3) is 15.7. The van der Waals surface area contributed by atoms with Gasteiger partial charge in [-0.05, 0) is 57.7 Å². The van der Waals surface area contributed by atoms with Crippen molar-refractivity contribution in [2.45, 2.75) is 73.6 Å². The zero-order chi connectivity index (χ0) is 24.8. The van der Waals surface area contributed by atoms with Crippen molar-refractivity contribution in [1.82, 2.24) is 10.2 Å². The van der Waals surface area contributed by atoms with E-state index in [0.29, 0.717) is 38.3 Å². The SMILES string of the molecule is C=COCCNC(=O)C(C)(CC)CC(C#N)CC=CCCC(C)C=C.CCN(CC)CC. The van der Waals surface area contributed by atoms with Crippen LogP contribution >= 0.6 is 0 Å². The topological polar surface area (TPSA) is 65.4 Å². The monoisotopic (exact) mass is 447 g/mol. The third-order valence-corrected chi connectivity index (χ3v) is 5.95. The van der Waals surface area contributed by atoms with Gasteiger partial charge in [-0.2, -0.15) is 5.26 Å². The molecule has 0 aromatic rings. The fourth-order valence-electron chi connectivity index (χ4n) is 3.17. The molecule has 3 unspecified atom stereocenters. The van der Waals surface area contributed by atoms with Crippen LogP contribution in [0.2, 0.25) is 0 Å². The Bertz CT molecular complexity index is 558. The second-order valence-electron chi connectivity index (χ2n) is 8.35. The highest BCUT2D eigenvalue weighted by Crippen LogP contribution is 2.31. The molecule has 5 heteroatoms. The van der Waals surface area contributed by atoms with Crippen molar-refractivity contribution in [1.29, 1.82) is 5.26 Å². The molecule has 0 fully saturated rings. The number of ether oxygens (including phenoxy) is 1. The standard InChI is InChI=1S/C21H34N2O2.C6H15N/c1-6-18(4)12-10-9-11-13-19(17-22)16-21(5,7-2)20(24)23-14-15-25-8-3;1-4-7(5-2)6-3/h6,8-9,11,18-19H,1,3,7,10,12-16H2,2,4-5H3,(H,23,24);4-6H2,1-3H3. The van der Waals surface area contributed by atoms with E-state index in [1.54, 1.807) is 0 Å². The summed E-state index contributed by atoms with van der Waals surface area (Å²) in [4.78, 5) is 14.8. The van der Waals surface area contributed by atoms with Gasteiger partial charge < -0.3 is 15.0 Å². The third-order valence-electron chi connectivity index (χ3n) is 5.95. The molecule has 5 nitrogen and oxygen atoms in total. The Hall–Kier alpha value is -2.06. The second kappa shape index (κ2) is 20.8. The molecule has 1 amide bonds. The lowest BCUT2D eigenvalue weighted by Gasteiger charge is -2.28. The molecule has 32 heavy (non-hydrogen) atoms. The molecule has 1 N–H and O–H groups in total. The van der Waals surface area contributed by atoms with Gasteiger partial charge in [-0.3, -0.25) is 4.79 Å². The molecule has 0 aliphatic rings. The minimum absolute atomic E-state index is 0.0216. The first-order valence-corrected chi connectivity index (χ1v) is 12.2. The number of rotatable bonds is 17. The van der Waals surface area contributed by atoms with Gasteiger partial charge in [-0.1, -0.05) is 66.3 Å². The van der Waals surface area contributed by atoms with Crippen LogP contribution in [-0.4, -0.2) is 43.6 Å². The smallest absolute Gasteiger partial charge is 0.226 e. The van der Waals surface area contributed by atoms with Crippen LogP contribution < -0.4 is 5.32 Å². The highest BCUT2D eigenvalue weighted by molar-refractivity contribution is 5.82. The predicted octanol–water partition coefficient (Wildman–Crippen LogP) is 6.11. The maximum absolute atomic E-state index is 12.5. The van der Waals surface area contributed by atoms with Gasteiger partial charge in [0.05, 0.1) is 24.8 Å². The molecular weight excluding hydrogens is 398 g/mol. The van der Waals surface area contributed by atoms with Gasteiger partial charge in [0.25, 0.3) is 0 Å². The van der Waals surface area contributed by atoms with Gasteiger partial charge in [0.1, 0.15) is 6.61 Å². The number of carbonyl (C=O) groups excluding carboxylic acids is 1. The second-order valence-corrected chi connectivity index (χ2v) is 8.35. The van der Waals surface area contributed by atoms with Gasteiger partial charge in [0.15, 0.2) is 0 Å². The lowest BCUT2D eigenvalue weighted by molar-refractivity contribution is -0.131. The molecule has 0 aromatic carbocycles. The van der Waals surface area contributed by atoms with E-state index in [2.05, 4.69) is 69.3 Å². The molecule has 0 saturated heterocycles. The summed E-state index contributed by atoms with van der Waals surface area (Å²) in [5.41, 5.74) is -0.542.